The lowest BCUT2D eigenvalue weighted by atomic mass is 9.91. The topological polar surface area (TPSA) is 44.7 Å². The Labute approximate surface area is 104 Å². The van der Waals surface area contributed by atoms with Gasteiger partial charge >= 0.3 is 0 Å². The zero-order valence-corrected chi connectivity index (χ0v) is 11.3. The minimum atomic E-state index is -0.502. The monoisotopic (exact) mass is 242 g/mol. The van der Waals surface area contributed by atoms with E-state index in [1.54, 1.807) is 0 Å². The standard InChI is InChI=1S/C13H26N2O2/c1-11-8-15(9-12(2,3)17-11)10-13(16)4-6-14-7-5-13/h11,14,16H,4-10H2,1-3H3. The molecular formula is C13H26N2O2. The average Bonchev–Trinajstić information content (AvgIpc) is 2.13. The lowest BCUT2D eigenvalue weighted by Crippen LogP contribution is -2.57. The lowest BCUT2D eigenvalue weighted by molar-refractivity contribution is -0.144. The smallest absolute Gasteiger partial charge is 0.0798 e. The summed E-state index contributed by atoms with van der Waals surface area (Å²) in [6.07, 6.45) is 1.97. The van der Waals surface area contributed by atoms with E-state index in [1.807, 2.05) is 0 Å². The first kappa shape index (κ1) is 13.3. The van der Waals surface area contributed by atoms with Gasteiger partial charge in [-0.3, -0.25) is 4.90 Å². The van der Waals surface area contributed by atoms with Crippen LogP contribution in [-0.2, 0) is 4.74 Å². The van der Waals surface area contributed by atoms with Crippen molar-refractivity contribution in [3.8, 4) is 0 Å². The first-order valence-corrected chi connectivity index (χ1v) is 6.72. The Morgan fingerprint density at radius 1 is 1.35 bits per heavy atom. The van der Waals surface area contributed by atoms with Gasteiger partial charge in [-0.25, -0.2) is 0 Å². The van der Waals surface area contributed by atoms with Crippen molar-refractivity contribution in [3.05, 3.63) is 0 Å². The number of nitrogens with one attached hydrogen (secondary N) is 1. The van der Waals surface area contributed by atoms with Gasteiger partial charge in [-0.2, -0.15) is 0 Å². The minimum absolute atomic E-state index is 0.0963. The van der Waals surface area contributed by atoms with Crippen molar-refractivity contribution in [2.24, 2.45) is 0 Å². The van der Waals surface area contributed by atoms with Crippen LogP contribution < -0.4 is 5.32 Å². The summed E-state index contributed by atoms with van der Waals surface area (Å²) in [6, 6.07) is 0. The van der Waals surface area contributed by atoms with E-state index in [0.717, 1.165) is 45.6 Å². The Bertz CT molecular complexity index is 262. The molecular weight excluding hydrogens is 216 g/mol. The van der Waals surface area contributed by atoms with Gasteiger partial charge in [-0.05, 0) is 46.7 Å². The third kappa shape index (κ3) is 3.65. The first-order chi connectivity index (χ1) is 7.89. The van der Waals surface area contributed by atoms with Crippen molar-refractivity contribution in [2.45, 2.75) is 50.9 Å². The van der Waals surface area contributed by atoms with Crippen LogP contribution in [0.25, 0.3) is 0 Å². The van der Waals surface area contributed by atoms with Crippen molar-refractivity contribution < 1.29 is 9.84 Å². The predicted molar refractivity (Wildman–Crippen MR) is 68.1 cm³/mol. The van der Waals surface area contributed by atoms with Crippen LogP contribution in [0, 0.1) is 0 Å². The molecule has 2 aliphatic heterocycles. The maximum absolute atomic E-state index is 10.6. The number of piperidine rings is 1. The maximum atomic E-state index is 10.6. The molecule has 4 nitrogen and oxygen atoms in total. The Morgan fingerprint density at radius 3 is 2.59 bits per heavy atom. The SMILES string of the molecule is CC1CN(CC2(O)CCNCC2)CC(C)(C)O1. The second-order valence-corrected chi connectivity index (χ2v) is 6.33. The molecule has 0 aliphatic carbocycles. The number of hydrogen-bond acceptors (Lipinski definition) is 4. The summed E-state index contributed by atoms with van der Waals surface area (Å²) >= 11 is 0. The molecule has 4 heteroatoms. The summed E-state index contributed by atoms with van der Waals surface area (Å²) in [7, 11) is 0. The van der Waals surface area contributed by atoms with Crippen molar-refractivity contribution in [1.29, 1.82) is 0 Å². The molecule has 2 fully saturated rings. The molecule has 0 aromatic rings. The summed E-state index contributed by atoms with van der Waals surface area (Å²) in [5.74, 6) is 0. The third-order valence-electron chi connectivity index (χ3n) is 3.69. The molecule has 2 heterocycles. The largest absolute Gasteiger partial charge is 0.388 e. The van der Waals surface area contributed by atoms with Gasteiger partial charge in [0.2, 0.25) is 0 Å². The van der Waals surface area contributed by atoms with Crippen molar-refractivity contribution in [2.75, 3.05) is 32.7 Å². The van der Waals surface area contributed by atoms with Gasteiger partial charge in [-0.15, -0.1) is 0 Å². The van der Waals surface area contributed by atoms with Gasteiger partial charge in [0.15, 0.2) is 0 Å². The van der Waals surface area contributed by atoms with Gasteiger partial charge in [0, 0.05) is 19.6 Å². The van der Waals surface area contributed by atoms with Crippen LogP contribution in [-0.4, -0.2) is 60.0 Å². The molecule has 0 amide bonds. The second kappa shape index (κ2) is 4.84. The molecule has 0 aromatic carbocycles. The third-order valence-corrected chi connectivity index (χ3v) is 3.69. The van der Waals surface area contributed by atoms with E-state index < -0.39 is 5.60 Å². The first-order valence-electron chi connectivity index (χ1n) is 6.72. The number of β-amino-alcohol motifs (C(OH)–C–C–N with tert-alkyl or cyclic N) is 1. The number of morpholine rings is 1. The molecule has 17 heavy (non-hydrogen) atoms. The fourth-order valence-corrected chi connectivity index (χ4v) is 3.17. The molecule has 2 N–H and O–H groups in total. The van der Waals surface area contributed by atoms with Gasteiger partial charge in [0.1, 0.15) is 0 Å². The van der Waals surface area contributed by atoms with Gasteiger partial charge in [0.05, 0.1) is 17.3 Å². The van der Waals surface area contributed by atoms with Crippen LogP contribution in [0.2, 0.25) is 0 Å². The summed E-state index contributed by atoms with van der Waals surface area (Å²) in [5, 5.41) is 13.9. The van der Waals surface area contributed by atoms with E-state index >= 15 is 0 Å². The van der Waals surface area contributed by atoms with Gasteiger partial charge < -0.3 is 15.2 Å². The lowest BCUT2D eigenvalue weighted by Gasteiger charge is -2.45. The highest BCUT2D eigenvalue weighted by atomic mass is 16.5. The molecule has 0 aromatic heterocycles. The molecule has 2 rings (SSSR count). The summed E-state index contributed by atoms with van der Waals surface area (Å²) < 4.78 is 5.89. The van der Waals surface area contributed by atoms with Crippen molar-refractivity contribution in [1.82, 2.24) is 10.2 Å². The molecule has 0 radical (unpaired) electrons. The molecule has 2 aliphatic rings. The van der Waals surface area contributed by atoms with Gasteiger partial charge in [-0.1, -0.05) is 0 Å². The Balaban J connectivity index is 1.93. The van der Waals surface area contributed by atoms with Crippen LogP contribution in [0.1, 0.15) is 33.6 Å². The van der Waals surface area contributed by atoms with Gasteiger partial charge in [0.25, 0.3) is 0 Å². The quantitative estimate of drug-likeness (QED) is 0.744. The highest BCUT2D eigenvalue weighted by Crippen LogP contribution is 2.25. The molecule has 1 atom stereocenters. The van der Waals surface area contributed by atoms with Crippen LogP contribution >= 0.6 is 0 Å². The average molecular weight is 242 g/mol. The van der Waals surface area contributed by atoms with E-state index in [2.05, 4.69) is 31.0 Å². The molecule has 0 spiro atoms. The summed E-state index contributed by atoms with van der Waals surface area (Å²) in [5.41, 5.74) is -0.598. The van der Waals surface area contributed by atoms with E-state index in [4.69, 9.17) is 4.74 Å². The zero-order valence-electron chi connectivity index (χ0n) is 11.3. The van der Waals surface area contributed by atoms with E-state index in [-0.39, 0.29) is 11.7 Å². The second-order valence-electron chi connectivity index (χ2n) is 6.33. The number of hydrogen-bond donors (Lipinski definition) is 2. The Hall–Kier alpha value is -0.160. The highest BCUT2D eigenvalue weighted by Gasteiger charge is 2.37. The fourth-order valence-electron chi connectivity index (χ4n) is 3.17. The van der Waals surface area contributed by atoms with Crippen LogP contribution in [0.3, 0.4) is 0 Å². The van der Waals surface area contributed by atoms with Crippen LogP contribution in [0.15, 0.2) is 0 Å². The molecule has 100 valence electrons. The van der Waals surface area contributed by atoms with E-state index in [9.17, 15) is 5.11 Å². The number of nitrogens with zero attached hydrogens (tertiary/aromatic N) is 1. The zero-order chi connectivity index (χ0) is 12.5. The normalized spacial score (nSPS) is 33.5. The van der Waals surface area contributed by atoms with Crippen molar-refractivity contribution in [3.63, 3.8) is 0 Å². The summed E-state index contributed by atoms with van der Waals surface area (Å²) in [4.78, 5) is 2.36. The molecule has 0 bridgehead atoms. The Morgan fingerprint density at radius 2 is 2.00 bits per heavy atom. The summed E-state index contributed by atoms with van der Waals surface area (Å²) in [6.45, 7) is 10.8. The number of aliphatic hydroxyl groups is 1. The minimum Gasteiger partial charge on any atom is -0.388 e. The highest BCUT2D eigenvalue weighted by molar-refractivity contribution is 4.91. The number of rotatable bonds is 2. The van der Waals surface area contributed by atoms with Crippen molar-refractivity contribution >= 4 is 0 Å². The molecule has 1 unspecified atom stereocenters. The van der Waals surface area contributed by atoms with Crippen LogP contribution in [0.5, 0.6) is 0 Å². The number of ether oxygens (including phenoxy) is 1. The molecule has 0 saturated carbocycles. The fraction of sp³-hybridized carbons (Fsp3) is 1.00. The van der Waals surface area contributed by atoms with E-state index in [1.165, 1.54) is 0 Å². The van der Waals surface area contributed by atoms with Crippen LogP contribution in [0.4, 0.5) is 0 Å². The van der Waals surface area contributed by atoms with E-state index in [0.29, 0.717) is 0 Å². The maximum Gasteiger partial charge on any atom is 0.0798 e. The molecule has 2 saturated heterocycles. The predicted octanol–water partition coefficient (Wildman–Crippen LogP) is 0.600. The Kier molecular flexibility index (Phi) is 3.78.